The van der Waals surface area contributed by atoms with Crippen molar-refractivity contribution in [2.45, 2.75) is 32.9 Å². The Morgan fingerprint density at radius 1 is 1.67 bits per heavy atom. The lowest BCUT2D eigenvalue weighted by Gasteiger charge is -2.11. The van der Waals surface area contributed by atoms with Gasteiger partial charge in [-0.2, -0.15) is 5.10 Å². The SMILES string of the molecule is C=CCC(C)NCc1c(Cl)c(C)nn1C. The predicted octanol–water partition coefficient (Wildman–Crippen LogP) is 2.44. The van der Waals surface area contributed by atoms with Gasteiger partial charge in [-0.3, -0.25) is 4.68 Å². The van der Waals surface area contributed by atoms with Gasteiger partial charge in [0.1, 0.15) is 0 Å². The van der Waals surface area contributed by atoms with Gasteiger partial charge in [0.15, 0.2) is 0 Å². The van der Waals surface area contributed by atoms with E-state index in [1.807, 2.05) is 24.7 Å². The van der Waals surface area contributed by atoms with Crippen LogP contribution in [-0.2, 0) is 13.6 Å². The molecule has 0 aliphatic carbocycles. The molecule has 0 radical (unpaired) electrons. The number of nitrogens with one attached hydrogen (secondary N) is 1. The van der Waals surface area contributed by atoms with E-state index < -0.39 is 0 Å². The Hall–Kier alpha value is -0.800. The first kappa shape index (κ1) is 12.3. The standard InChI is InChI=1S/C11H18ClN3/c1-5-6-8(2)13-7-10-11(12)9(3)14-15(10)4/h5,8,13H,1,6-7H2,2-4H3. The molecule has 1 aromatic heterocycles. The topological polar surface area (TPSA) is 29.9 Å². The molecule has 1 rings (SSSR count). The molecule has 1 unspecified atom stereocenters. The Morgan fingerprint density at radius 2 is 2.33 bits per heavy atom. The van der Waals surface area contributed by atoms with Crippen LogP contribution in [0.2, 0.25) is 5.02 Å². The third-order valence-corrected chi connectivity index (χ3v) is 2.89. The van der Waals surface area contributed by atoms with Crippen LogP contribution in [0.5, 0.6) is 0 Å². The monoisotopic (exact) mass is 227 g/mol. The van der Waals surface area contributed by atoms with Gasteiger partial charge >= 0.3 is 0 Å². The minimum atomic E-state index is 0.411. The molecule has 1 N–H and O–H groups in total. The van der Waals surface area contributed by atoms with Crippen LogP contribution in [0.1, 0.15) is 24.7 Å². The molecule has 0 aliphatic rings. The fourth-order valence-corrected chi connectivity index (χ4v) is 1.70. The maximum absolute atomic E-state index is 6.13. The second kappa shape index (κ2) is 5.33. The van der Waals surface area contributed by atoms with E-state index in [0.717, 1.165) is 29.4 Å². The molecule has 0 spiro atoms. The Kier molecular flexibility index (Phi) is 4.36. The summed E-state index contributed by atoms with van der Waals surface area (Å²) < 4.78 is 1.82. The highest BCUT2D eigenvalue weighted by Crippen LogP contribution is 2.19. The lowest BCUT2D eigenvalue weighted by Crippen LogP contribution is -2.25. The number of rotatable bonds is 5. The molecule has 0 bridgehead atoms. The van der Waals surface area contributed by atoms with Crippen molar-refractivity contribution in [3.05, 3.63) is 29.1 Å². The first-order chi connectivity index (χ1) is 7.06. The summed E-state index contributed by atoms with van der Waals surface area (Å²) in [5, 5.41) is 8.40. The van der Waals surface area contributed by atoms with E-state index in [1.165, 1.54) is 0 Å². The quantitative estimate of drug-likeness (QED) is 0.784. The summed E-state index contributed by atoms with van der Waals surface area (Å²) in [5.41, 5.74) is 1.91. The van der Waals surface area contributed by atoms with Crippen molar-refractivity contribution in [3.8, 4) is 0 Å². The second-order valence-electron chi connectivity index (χ2n) is 3.78. The summed E-state index contributed by atoms with van der Waals surface area (Å²) in [4.78, 5) is 0. The van der Waals surface area contributed by atoms with Gasteiger partial charge in [0.2, 0.25) is 0 Å². The first-order valence-corrected chi connectivity index (χ1v) is 5.46. The van der Waals surface area contributed by atoms with E-state index in [0.29, 0.717) is 6.04 Å². The molecular formula is C11H18ClN3. The Labute approximate surface area is 96.1 Å². The minimum absolute atomic E-state index is 0.411. The van der Waals surface area contributed by atoms with Gasteiger partial charge in [0.25, 0.3) is 0 Å². The Balaban J connectivity index is 2.61. The van der Waals surface area contributed by atoms with Crippen LogP contribution in [0.4, 0.5) is 0 Å². The summed E-state index contributed by atoms with van der Waals surface area (Å²) >= 11 is 6.13. The smallest absolute Gasteiger partial charge is 0.0860 e. The number of hydrogen-bond acceptors (Lipinski definition) is 2. The predicted molar refractivity (Wildman–Crippen MR) is 64.1 cm³/mol. The van der Waals surface area contributed by atoms with Crippen LogP contribution in [-0.4, -0.2) is 15.8 Å². The average Bonchev–Trinajstić information content (AvgIpc) is 2.40. The van der Waals surface area contributed by atoms with Crippen LogP contribution in [0.25, 0.3) is 0 Å². The fourth-order valence-electron chi connectivity index (χ4n) is 1.48. The zero-order valence-corrected chi connectivity index (χ0v) is 10.3. The van der Waals surface area contributed by atoms with Crippen molar-refractivity contribution >= 4 is 11.6 Å². The third kappa shape index (κ3) is 3.08. The molecule has 0 saturated carbocycles. The van der Waals surface area contributed by atoms with Gasteiger partial charge in [-0.15, -0.1) is 6.58 Å². The van der Waals surface area contributed by atoms with Crippen LogP contribution < -0.4 is 5.32 Å². The van der Waals surface area contributed by atoms with E-state index in [1.54, 1.807) is 0 Å². The Morgan fingerprint density at radius 3 is 2.80 bits per heavy atom. The molecule has 0 aliphatic heterocycles. The maximum Gasteiger partial charge on any atom is 0.0860 e. The van der Waals surface area contributed by atoms with Crippen LogP contribution in [0.15, 0.2) is 12.7 Å². The van der Waals surface area contributed by atoms with Crippen molar-refractivity contribution in [2.24, 2.45) is 7.05 Å². The largest absolute Gasteiger partial charge is 0.308 e. The van der Waals surface area contributed by atoms with Gasteiger partial charge < -0.3 is 5.32 Å². The molecule has 3 nitrogen and oxygen atoms in total. The summed E-state index contributed by atoms with van der Waals surface area (Å²) in [5.74, 6) is 0. The summed E-state index contributed by atoms with van der Waals surface area (Å²) in [6, 6.07) is 0.411. The van der Waals surface area contributed by atoms with Crippen molar-refractivity contribution in [2.75, 3.05) is 0 Å². The first-order valence-electron chi connectivity index (χ1n) is 5.08. The summed E-state index contributed by atoms with van der Waals surface area (Å²) in [6.07, 6.45) is 2.86. The molecule has 1 heterocycles. The summed E-state index contributed by atoms with van der Waals surface area (Å²) in [6.45, 7) is 8.49. The zero-order chi connectivity index (χ0) is 11.4. The van der Waals surface area contributed by atoms with Crippen molar-refractivity contribution < 1.29 is 0 Å². The van der Waals surface area contributed by atoms with Crippen molar-refractivity contribution in [3.63, 3.8) is 0 Å². The van der Waals surface area contributed by atoms with E-state index in [-0.39, 0.29) is 0 Å². The fraction of sp³-hybridized carbons (Fsp3) is 0.545. The van der Waals surface area contributed by atoms with Crippen LogP contribution >= 0.6 is 11.6 Å². The van der Waals surface area contributed by atoms with E-state index in [2.05, 4.69) is 23.9 Å². The molecule has 4 heteroatoms. The van der Waals surface area contributed by atoms with Gasteiger partial charge in [-0.25, -0.2) is 0 Å². The molecule has 1 atom stereocenters. The highest BCUT2D eigenvalue weighted by atomic mass is 35.5. The molecule has 84 valence electrons. The van der Waals surface area contributed by atoms with Crippen LogP contribution in [0, 0.1) is 6.92 Å². The Bertz CT molecular complexity index is 344. The van der Waals surface area contributed by atoms with Crippen molar-refractivity contribution in [1.82, 2.24) is 15.1 Å². The van der Waals surface area contributed by atoms with Gasteiger partial charge in [-0.1, -0.05) is 17.7 Å². The minimum Gasteiger partial charge on any atom is -0.308 e. The maximum atomic E-state index is 6.13. The van der Waals surface area contributed by atoms with Gasteiger partial charge in [0.05, 0.1) is 16.4 Å². The number of halogens is 1. The number of nitrogens with zero attached hydrogens (tertiary/aromatic N) is 2. The number of hydrogen-bond donors (Lipinski definition) is 1. The molecule has 1 aromatic rings. The highest BCUT2D eigenvalue weighted by Gasteiger charge is 2.11. The lowest BCUT2D eigenvalue weighted by atomic mass is 10.2. The van der Waals surface area contributed by atoms with E-state index in [9.17, 15) is 0 Å². The van der Waals surface area contributed by atoms with E-state index >= 15 is 0 Å². The summed E-state index contributed by atoms with van der Waals surface area (Å²) in [7, 11) is 1.91. The zero-order valence-electron chi connectivity index (χ0n) is 9.55. The number of aryl methyl sites for hydroxylation is 2. The van der Waals surface area contributed by atoms with Crippen molar-refractivity contribution in [1.29, 1.82) is 0 Å². The molecule has 0 aromatic carbocycles. The molecule has 0 amide bonds. The highest BCUT2D eigenvalue weighted by molar-refractivity contribution is 6.31. The lowest BCUT2D eigenvalue weighted by molar-refractivity contribution is 0.532. The van der Waals surface area contributed by atoms with Gasteiger partial charge in [0, 0.05) is 19.6 Å². The second-order valence-corrected chi connectivity index (χ2v) is 4.15. The van der Waals surface area contributed by atoms with Crippen LogP contribution in [0.3, 0.4) is 0 Å². The molecule has 0 saturated heterocycles. The van der Waals surface area contributed by atoms with E-state index in [4.69, 9.17) is 11.6 Å². The molecular weight excluding hydrogens is 210 g/mol. The third-order valence-electron chi connectivity index (χ3n) is 2.40. The molecule has 0 fully saturated rings. The average molecular weight is 228 g/mol. The normalized spacial score (nSPS) is 12.8. The molecule has 15 heavy (non-hydrogen) atoms. The van der Waals surface area contributed by atoms with Gasteiger partial charge in [-0.05, 0) is 20.3 Å². The number of aromatic nitrogens is 2.